The summed E-state index contributed by atoms with van der Waals surface area (Å²) in [5.74, 6) is 1.98. The Morgan fingerprint density at radius 3 is 2.48 bits per heavy atom. The molecule has 1 saturated heterocycles. The number of hydrogen-bond acceptors (Lipinski definition) is 6. The molecule has 0 unspecified atom stereocenters. The Kier molecular flexibility index (Phi) is 8.95. The predicted octanol–water partition coefficient (Wildman–Crippen LogP) is 5.56. The number of allylic oxidation sites excluding steroid dienone is 2. The molecule has 2 aromatic carbocycles. The number of piperidine rings is 1. The predicted molar refractivity (Wildman–Crippen MR) is 135 cm³/mol. The summed E-state index contributed by atoms with van der Waals surface area (Å²) in [5, 5.41) is 13.0. The van der Waals surface area contributed by atoms with Crippen molar-refractivity contribution in [3.05, 3.63) is 78.3 Å². The van der Waals surface area contributed by atoms with Crippen LogP contribution in [0.3, 0.4) is 0 Å². The number of ether oxygens (including phenoxy) is 2. The minimum absolute atomic E-state index is 0.193. The Morgan fingerprint density at radius 1 is 1.12 bits per heavy atom. The van der Waals surface area contributed by atoms with Crippen molar-refractivity contribution in [2.45, 2.75) is 46.1 Å². The van der Waals surface area contributed by atoms with E-state index in [2.05, 4.69) is 43.6 Å². The average molecular weight is 450 g/mol. The summed E-state index contributed by atoms with van der Waals surface area (Å²) in [6.07, 6.45) is 4.73. The first-order chi connectivity index (χ1) is 16.0. The molecule has 4 rings (SSSR count). The van der Waals surface area contributed by atoms with Crippen molar-refractivity contribution in [1.29, 1.82) is 0 Å². The number of benzene rings is 2. The maximum atomic E-state index is 9.78. The molecule has 2 aromatic rings. The Morgan fingerprint density at radius 2 is 1.79 bits per heavy atom. The monoisotopic (exact) mass is 449 g/mol. The highest BCUT2D eigenvalue weighted by Crippen LogP contribution is 2.34. The lowest BCUT2D eigenvalue weighted by Crippen LogP contribution is -2.34. The summed E-state index contributed by atoms with van der Waals surface area (Å²) >= 11 is 0. The van der Waals surface area contributed by atoms with Gasteiger partial charge in [0.25, 0.3) is 0 Å². The van der Waals surface area contributed by atoms with Crippen molar-refractivity contribution in [2.24, 2.45) is 4.99 Å². The summed E-state index contributed by atoms with van der Waals surface area (Å²) in [6, 6.07) is 15.7. The molecular weight excluding hydrogens is 414 g/mol. The average Bonchev–Trinajstić information content (AvgIpc) is 3.28. The summed E-state index contributed by atoms with van der Waals surface area (Å²) in [6.45, 7) is 12.4. The van der Waals surface area contributed by atoms with Crippen LogP contribution in [0, 0.1) is 0 Å². The second-order valence-corrected chi connectivity index (χ2v) is 8.21. The summed E-state index contributed by atoms with van der Waals surface area (Å²) in [4.78, 5) is 7.06. The fourth-order valence-corrected chi connectivity index (χ4v) is 3.61. The molecule has 0 saturated carbocycles. The molecule has 33 heavy (non-hydrogen) atoms. The molecule has 6 heteroatoms. The van der Waals surface area contributed by atoms with Crippen molar-refractivity contribution in [1.82, 2.24) is 4.90 Å². The van der Waals surface area contributed by atoms with E-state index in [1.165, 1.54) is 6.42 Å². The number of aliphatic hydroxyl groups excluding tert-OH is 1. The minimum Gasteiger partial charge on any atom is -0.454 e. The maximum absolute atomic E-state index is 9.78. The van der Waals surface area contributed by atoms with E-state index in [1.807, 2.05) is 48.5 Å². The van der Waals surface area contributed by atoms with Crippen LogP contribution < -0.4 is 14.8 Å². The lowest BCUT2D eigenvalue weighted by Gasteiger charge is -2.32. The van der Waals surface area contributed by atoms with Crippen LogP contribution in [0.1, 0.15) is 45.6 Å². The number of nitrogens with one attached hydrogen (secondary N) is 1. The molecule has 0 spiro atoms. The SMILES string of the molecule is C=C(/N=C(\C=C(/C)N1CCC(O)CC1)c1ccccc1)Nc1ccc2c(c1)OCO2.CCC. The Balaban J connectivity index is 0.000000968. The first-order valence-electron chi connectivity index (χ1n) is 11.6. The van der Waals surface area contributed by atoms with Gasteiger partial charge in [-0.05, 0) is 38.0 Å². The maximum Gasteiger partial charge on any atom is 0.231 e. The van der Waals surface area contributed by atoms with E-state index in [-0.39, 0.29) is 12.9 Å². The standard InChI is InChI=1S/C24H27N3O3.C3H8/c1-17(27-12-10-21(28)11-13-27)14-22(19-6-4-3-5-7-19)26-18(2)25-20-8-9-23-24(15-20)30-16-29-23;1-3-2/h3-9,14-15,21,25,28H,2,10-13,16H2,1H3;3H2,1-2H3/b17-14+,26-22+;. The fourth-order valence-electron chi connectivity index (χ4n) is 3.61. The molecular formula is C27H35N3O3. The molecule has 1 fully saturated rings. The number of likely N-dealkylation sites (tertiary alicyclic amines) is 1. The van der Waals surface area contributed by atoms with E-state index < -0.39 is 0 Å². The van der Waals surface area contributed by atoms with E-state index in [1.54, 1.807) is 0 Å². The molecule has 6 nitrogen and oxygen atoms in total. The van der Waals surface area contributed by atoms with Crippen LogP contribution in [0.15, 0.2) is 77.7 Å². The number of hydrogen-bond donors (Lipinski definition) is 2. The molecule has 2 aliphatic rings. The summed E-state index contributed by atoms with van der Waals surface area (Å²) in [7, 11) is 0. The van der Waals surface area contributed by atoms with Crippen LogP contribution in [0.4, 0.5) is 5.69 Å². The molecule has 176 valence electrons. The second kappa shape index (κ2) is 12.1. The summed E-state index contributed by atoms with van der Waals surface area (Å²) in [5.41, 5.74) is 3.81. The number of anilines is 1. The number of rotatable bonds is 6. The van der Waals surface area contributed by atoms with Gasteiger partial charge in [-0.15, -0.1) is 0 Å². The quantitative estimate of drug-likeness (QED) is 0.565. The van der Waals surface area contributed by atoms with Crippen LogP contribution >= 0.6 is 0 Å². The van der Waals surface area contributed by atoms with E-state index in [0.29, 0.717) is 11.6 Å². The van der Waals surface area contributed by atoms with Gasteiger partial charge >= 0.3 is 0 Å². The lowest BCUT2D eigenvalue weighted by molar-refractivity contribution is 0.0973. The second-order valence-electron chi connectivity index (χ2n) is 8.21. The third-order valence-corrected chi connectivity index (χ3v) is 5.30. The Labute approximate surface area is 197 Å². The van der Waals surface area contributed by atoms with Crippen molar-refractivity contribution >= 4 is 11.4 Å². The van der Waals surface area contributed by atoms with E-state index >= 15 is 0 Å². The van der Waals surface area contributed by atoms with E-state index in [4.69, 9.17) is 14.5 Å². The molecule has 0 aliphatic carbocycles. The van der Waals surface area contributed by atoms with Gasteiger partial charge in [0.2, 0.25) is 6.79 Å². The van der Waals surface area contributed by atoms with Crippen molar-refractivity contribution in [2.75, 3.05) is 25.2 Å². The van der Waals surface area contributed by atoms with Crippen molar-refractivity contribution < 1.29 is 14.6 Å². The summed E-state index contributed by atoms with van der Waals surface area (Å²) < 4.78 is 10.8. The first kappa shape index (κ1) is 24.4. The molecule has 2 N–H and O–H groups in total. The van der Waals surface area contributed by atoms with Gasteiger partial charge in [0, 0.05) is 36.1 Å². The highest BCUT2D eigenvalue weighted by atomic mass is 16.7. The Hall–Kier alpha value is -3.25. The van der Waals surface area contributed by atoms with Crippen molar-refractivity contribution in [3.8, 4) is 11.5 Å². The molecule has 0 amide bonds. The zero-order valence-electron chi connectivity index (χ0n) is 19.9. The smallest absolute Gasteiger partial charge is 0.231 e. The van der Waals surface area contributed by atoms with Crippen LogP contribution in [0.25, 0.3) is 0 Å². The zero-order valence-corrected chi connectivity index (χ0v) is 19.9. The van der Waals surface area contributed by atoms with Gasteiger partial charge in [-0.3, -0.25) is 0 Å². The normalized spacial score (nSPS) is 16.2. The van der Waals surface area contributed by atoms with E-state index in [9.17, 15) is 5.11 Å². The lowest BCUT2D eigenvalue weighted by atomic mass is 10.1. The van der Waals surface area contributed by atoms with Gasteiger partial charge in [-0.25, -0.2) is 4.99 Å². The van der Waals surface area contributed by atoms with Gasteiger partial charge in [-0.2, -0.15) is 0 Å². The zero-order chi connectivity index (χ0) is 23.6. The largest absolute Gasteiger partial charge is 0.454 e. The first-order valence-corrected chi connectivity index (χ1v) is 11.6. The highest BCUT2D eigenvalue weighted by Gasteiger charge is 2.17. The Bertz CT molecular complexity index is 977. The molecule has 2 heterocycles. The van der Waals surface area contributed by atoms with Gasteiger partial charge < -0.3 is 24.8 Å². The third kappa shape index (κ3) is 7.12. The van der Waals surface area contributed by atoms with E-state index in [0.717, 1.165) is 54.3 Å². The van der Waals surface area contributed by atoms with Crippen LogP contribution in [-0.2, 0) is 0 Å². The van der Waals surface area contributed by atoms with Crippen molar-refractivity contribution in [3.63, 3.8) is 0 Å². The van der Waals surface area contributed by atoms with Gasteiger partial charge in [0.1, 0.15) is 5.82 Å². The highest BCUT2D eigenvalue weighted by molar-refractivity contribution is 6.09. The molecule has 0 aromatic heterocycles. The third-order valence-electron chi connectivity index (χ3n) is 5.30. The molecule has 2 aliphatic heterocycles. The van der Waals surface area contributed by atoms with Crippen LogP contribution in [0.5, 0.6) is 11.5 Å². The van der Waals surface area contributed by atoms with Crippen LogP contribution in [0.2, 0.25) is 0 Å². The minimum atomic E-state index is -0.193. The molecule has 0 atom stereocenters. The topological polar surface area (TPSA) is 66.3 Å². The van der Waals surface area contributed by atoms with Crippen LogP contribution in [-0.4, -0.2) is 41.7 Å². The molecule has 0 bridgehead atoms. The molecule has 0 radical (unpaired) electrons. The fraction of sp³-hybridized carbons (Fsp3) is 0.370. The number of nitrogens with zero attached hydrogens (tertiary/aromatic N) is 2. The number of fused-ring (bicyclic) bond motifs is 1. The number of aliphatic hydroxyl groups is 1. The number of aliphatic imine (C=N–C) groups is 1. The van der Waals surface area contributed by atoms with Gasteiger partial charge in [-0.1, -0.05) is 57.2 Å². The van der Waals surface area contributed by atoms with Gasteiger partial charge in [0.05, 0.1) is 11.8 Å². The van der Waals surface area contributed by atoms with Gasteiger partial charge in [0.15, 0.2) is 11.5 Å².